The van der Waals surface area contributed by atoms with E-state index in [0.717, 1.165) is 25.7 Å². The molecule has 4 heteroatoms. The van der Waals surface area contributed by atoms with Crippen LogP contribution in [0.2, 0.25) is 0 Å². The molecule has 0 amide bonds. The molecule has 1 heterocycles. The van der Waals surface area contributed by atoms with Crippen molar-refractivity contribution in [3.05, 3.63) is 0 Å². The van der Waals surface area contributed by atoms with Gasteiger partial charge in [0.1, 0.15) is 0 Å². The zero-order valence-corrected chi connectivity index (χ0v) is 10.9. The van der Waals surface area contributed by atoms with Crippen LogP contribution in [0.1, 0.15) is 51.9 Å². The Morgan fingerprint density at radius 3 is 2.50 bits per heavy atom. The maximum absolute atomic E-state index is 12.2. The van der Waals surface area contributed by atoms with Crippen LogP contribution in [0.3, 0.4) is 0 Å². The number of sulfone groups is 1. The lowest BCUT2D eigenvalue weighted by Gasteiger charge is -2.38. The van der Waals surface area contributed by atoms with Gasteiger partial charge in [0.05, 0.1) is 11.0 Å². The molecule has 1 saturated carbocycles. The molecule has 2 aliphatic rings. The Hall–Kier alpha value is -0.0900. The van der Waals surface area contributed by atoms with Crippen molar-refractivity contribution in [2.24, 2.45) is 0 Å². The van der Waals surface area contributed by atoms with E-state index in [1.54, 1.807) is 0 Å². The lowest BCUT2D eigenvalue weighted by Crippen LogP contribution is -2.57. The van der Waals surface area contributed by atoms with Crippen molar-refractivity contribution in [2.75, 3.05) is 5.75 Å². The third-order valence-corrected chi connectivity index (χ3v) is 6.39. The van der Waals surface area contributed by atoms with Gasteiger partial charge in [-0.25, -0.2) is 8.42 Å². The lowest BCUT2D eigenvalue weighted by atomic mass is 9.95. The molecule has 0 aromatic carbocycles. The first kappa shape index (κ1) is 12.4. The largest absolute Gasteiger partial charge is 0.309 e. The normalized spacial score (nSPS) is 39.4. The van der Waals surface area contributed by atoms with Crippen molar-refractivity contribution in [2.45, 2.75) is 69.2 Å². The van der Waals surface area contributed by atoms with Crippen LogP contribution in [-0.4, -0.2) is 31.5 Å². The van der Waals surface area contributed by atoms with E-state index in [1.165, 1.54) is 19.3 Å². The van der Waals surface area contributed by atoms with Gasteiger partial charge in [0.25, 0.3) is 0 Å². The average molecular weight is 245 g/mol. The van der Waals surface area contributed by atoms with Gasteiger partial charge < -0.3 is 5.32 Å². The molecule has 0 radical (unpaired) electrons. The van der Waals surface area contributed by atoms with Crippen molar-refractivity contribution in [3.63, 3.8) is 0 Å². The van der Waals surface area contributed by atoms with Gasteiger partial charge in [-0.3, -0.25) is 0 Å². The van der Waals surface area contributed by atoms with E-state index in [4.69, 9.17) is 0 Å². The van der Waals surface area contributed by atoms with Crippen LogP contribution in [0.15, 0.2) is 0 Å². The van der Waals surface area contributed by atoms with Gasteiger partial charge in [0, 0.05) is 12.1 Å². The van der Waals surface area contributed by atoms with Crippen LogP contribution in [0, 0.1) is 0 Å². The Balaban J connectivity index is 2.15. The van der Waals surface area contributed by atoms with E-state index in [-0.39, 0.29) is 17.3 Å². The maximum atomic E-state index is 12.2. The molecule has 0 spiro atoms. The maximum Gasteiger partial charge on any atom is 0.156 e. The molecule has 1 N–H and O–H groups in total. The molecule has 16 heavy (non-hydrogen) atoms. The molecule has 0 aromatic rings. The summed E-state index contributed by atoms with van der Waals surface area (Å²) in [5.74, 6) is 0.352. The quantitative estimate of drug-likeness (QED) is 0.767. The second-order valence-electron chi connectivity index (χ2n) is 5.24. The Bertz CT molecular complexity index is 326. The van der Waals surface area contributed by atoms with Crippen LogP contribution in [-0.2, 0) is 9.84 Å². The standard InChI is InChI=1S/C12H23NO2S/c1-2-10-9-16(14,15)12-8-6-4-3-5-7-11(12)13-10/h10-13H,2-9H2,1H3. The topological polar surface area (TPSA) is 46.2 Å². The highest BCUT2D eigenvalue weighted by molar-refractivity contribution is 7.92. The van der Waals surface area contributed by atoms with Crippen LogP contribution in [0.5, 0.6) is 0 Å². The van der Waals surface area contributed by atoms with E-state index in [0.29, 0.717) is 5.75 Å². The molecule has 1 aliphatic carbocycles. The van der Waals surface area contributed by atoms with Gasteiger partial charge in [-0.1, -0.05) is 32.6 Å². The second-order valence-corrected chi connectivity index (χ2v) is 7.50. The molecule has 2 rings (SSSR count). The molecule has 3 nitrogen and oxygen atoms in total. The molecular formula is C12H23NO2S. The van der Waals surface area contributed by atoms with Crippen LogP contribution in [0.4, 0.5) is 0 Å². The van der Waals surface area contributed by atoms with Crippen molar-refractivity contribution in [3.8, 4) is 0 Å². The zero-order chi connectivity index (χ0) is 11.6. The summed E-state index contributed by atoms with van der Waals surface area (Å²) in [5, 5.41) is 3.45. The third kappa shape index (κ3) is 2.59. The minimum atomic E-state index is -2.85. The van der Waals surface area contributed by atoms with Crippen molar-refractivity contribution in [1.82, 2.24) is 5.32 Å². The molecule has 0 aromatic heterocycles. The van der Waals surface area contributed by atoms with Crippen molar-refractivity contribution >= 4 is 9.84 Å². The molecular weight excluding hydrogens is 222 g/mol. The zero-order valence-electron chi connectivity index (χ0n) is 10.1. The van der Waals surface area contributed by atoms with Crippen molar-refractivity contribution in [1.29, 1.82) is 0 Å². The molecule has 1 saturated heterocycles. The lowest BCUT2D eigenvalue weighted by molar-refractivity contribution is 0.336. The van der Waals surface area contributed by atoms with Crippen LogP contribution < -0.4 is 5.32 Å². The number of hydrogen-bond acceptors (Lipinski definition) is 3. The summed E-state index contributed by atoms with van der Waals surface area (Å²) in [5.41, 5.74) is 0. The molecule has 1 aliphatic heterocycles. The Morgan fingerprint density at radius 2 is 1.81 bits per heavy atom. The fourth-order valence-electron chi connectivity index (χ4n) is 3.06. The fraction of sp³-hybridized carbons (Fsp3) is 1.00. The summed E-state index contributed by atoms with van der Waals surface area (Å²) < 4.78 is 24.4. The van der Waals surface area contributed by atoms with Gasteiger partial charge in [-0.05, 0) is 19.3 Å². The predicted octanol–water partition coefficient (Wildman–Crippen LogP) is 1.87. The number of fused-ring (bicyclic) bond motifs is 1. The molecule has 0 bridgehead atoms. The number of rotatable bonds is 1. The highest BCUT2D eigenvalue weighted by atomic mass is 32.2. The van der Waals surface area contributed by atoms with Crippen LogP contribution >= 0.6 is 0 Å². The Kier molecular flexibility index (Phi) is 3.90. The van der Waals surface area contributed by atoms with E-state index < -0.39 is 9.84 Å². The van der Waals surface area contributed by atoms with E-state index in [9.17, 15) is 8.42 Å². The first-order valence-corrected chi connectivity index (χ1v) is 8.32. The first-order chi connectivity index (χ1) is 7.63. The number of hydrogen-bond donors (Lipinski definition) is 1. The summed E-state index contributed by atoms with van der Waals surface area (Å²) in [7, 11) is -2.85. The van der Waals surface area contributed by atoms with Gasteiger partial charge in [-0.2, -0.15) is 0 Å². The minimum absolute atomic E-state index is 0.101. The van der Waals surface area contributed by atoms with E-state index in [1.807, 2.05) is 0 Å². The van der Waals surface area contributed by atoms with E-state index in [2.05, 4.69) is 12.2 Å². The Labute approximate surface area is 98.9 Å². The van der Waals surface area contributed by atoms with Gasteiger partial charge in [0.15, 0.2) is 9.84 Å². The summed E-state index contributed by atoms with van der Waals surface area (Å²) >= 11 is 0. The molecule has 3 unspecified atom stereocenters. The van der Waals surface area contributed by atoms with Gasteiger partial charge >= 0.3 is 0 Å². The highest BCUT2D eigenvalue weighted by Gasteiger charge is 2.39. The summed E-state index contributed by atoms with van der Waals surface area (Å²) in [6, 6.07) is 0.412. The SMILES string of the molecule is CCC1CS(=O)(=O)C2CCCCCCC2N1. The average Bonchev–Trinajstić information content (AvgIpc) is 2.18. The van der Waals surface area contributed by atoms with Crippen LogP contribution in [0.25, 0.3) is 0 Å². The highest BCUT2D eigenvalue weighted by Crippen LogP contribution is 2.27. The van der Waals surface area contributed by atoms with Gasteiger partial charge in [0.2, 0.25) is 0 Å². The predicted molar refractivity (Wildman–Crippen MR) is 66.3 cm³/mol. The Morgan fingerprint density at radius 1 is 1.12 bits per heavy atom. The van der Waals surface area contributed by atoms with E-state index >= 15 is 0 Å². The summed E-state index contributed by atoms with van der Waals surface area (Å²) in [6.45, 7) is 2.07. The molecule has 2 fully saturated rings. The summed E-state index contributed by atoms with van der Waals surface area (Å²) in [4.78, 5) is 0. The fourth-order valence-corrected chi connectivity index (χ4v) is 5.44. The molecule has 3 atom stereocenters. The second kappa shape index (κ2) is 5.05. The molecule has 94 valence electrons. The van der Waals surface area contributed by atoms with Crippen molar-refractivity contribution < 1.29 is 8.42 Å². The van der Waals surface area contributed by atoms with Gasteiger partial charge in [-0.15, -0.1) is 0 Å². The third-order valence-electron chi connectivity index (χ3n) is 4.04. The number of nitrogens with one attached hydrogen (secondary N) is 1. The smallest absolute Gasteiger partial charge is 0.156 e. The monoisotopic (exact) mass is 245 g/mol. The summed E-state index contributed by atoms with van der Waals surface area (Å²) in [6.07, 6.45) is 7.57. The minimum Gasteiger partial charge on any atom is -0.309 e. The first-order valence-electron chi connectivity index (χ1n) is 6.61.